The number of hydrogen-bond donors (Lipinski definition) is 1. The molecule has 2 nitrogen and oxygen atoms in total. The second kappa shape index (κ2) is 5.02. The van der Waals surface area contributed by atoms with Gasteiger partial charge >= 0.3 is 0 Å². The third-order valence-corrected chi connectivity index (χ3v) is 4.43. The zero-order chi connectivity index (χ0) is 12.5. The van der Waals surface area contributed by atoms with Crippen LogP contribution in [0.4, 0.5) is 0 Å². The third-order valence-electron chi connectivity index (χ3n) is 4.43. The molecule has 2 atom stereocenters. The van der Waals surface area contributed by atoms with Gasteiger partial charge in [0.15, 0.2) is 0 Å². The first kappa shape index (κ1) is 12.2. The van der Waals surface area contributed by atoms with E-state index in [4.69, 9.17) is 5.73 Å². The molecule has 2 unspecified atom stereocenters. The summed E-state index contributed by atoms with van der Waals surface area (Å²) in [6.07, 6.45) is 5.22. The summed E-state index contributed by atoms with van der Waals surface area (Å²) in [5.74, 6) is 0.951. The second-order valence-corrected chi connectivity index (χ2v) is 5.93. The van der Waals surface area contributed by atoms with Crippen molar-refractivity contribution < 1.29 is 0 Å². The van der Waals surface area contributed by atoms with E-state index >= 15 is 0 Å². The van der Waals surface area contributed by atoms with Gasteiger partial charge in [-0.05, 0) is 49.3 Å². The van der Waals surface area contributed by atoms with Gasteiger partial charge in [0.05, 0.1) is 0 Å². The minimum Gasteiger partial charge on any atom is -0.323 e. The predicted octanol–water partition coefficient (Wildman–Crippen LogP) is 2.73. The highest BCUT2D eigenvalue weighted by molar-refractivity contribution is 5.36. The summed E-state index contributed by atoms with van der Waals surface area (Å²) in [5.41, 5.74) is 9.32. The van der Waals surface area contributed by atoms with E-state index in [2.05, 4.69) is 36.1 Å². The maximum atomic E-state index is 6.48. The molecule has 1 aromatic carbocycles. The van der Waals surface area contributed by atoms with Gasteiger partial charge in [-0.15, -0.1) is 0 Å². The number of nitrogens with two attached hydrogens (primary N) is 1. The molecule has 0 spiro atoms. The first-order valence-electron chi connectivity index (χ1n) is 7.37. The number of rotatable bonds is 5. The minimum absolute atomic E-state index is 0.214. The lowest BCUT2D eigenvalue weighted by Gasteiger charge is -2.31. The molecule has 3 rings (SSSR count). The van der Waals surface area contributed by atoms with E-state index in [1.54, 1.807) is 0 Å². The van der Waals surface area contributed by atoms with Crippen LogP contribution in [0.2, 0.25) is 0 Å². The molecule has 0 aromatic heterocycles. The summed E-state index contributed by atoms with van der Waals surface area (Å²) < 4.78 is 0. The molecule has 1 fully saturated rings. The summed E-state index contributed by atoms with van der Waals surface area (Å²) >= 11 is 0. The molecule has 0 heterocycles. The van der Waals surface area contributed by atoms with Crippen LogP contribution in [0.1, 0.15) is 43.4 Å². The average Bonchev–Trinajstić information content (AvgIpc) is 3.13. The van der Waals surface area contributed by atoms with Crippen LogP contribution in [-0.2, 0) is 6.42 Å². The molecule has 0 saturated heterocycles. The molecule has 18 heavy (non-hydrogen) atoms. The molecular weight excluding hydrogens is 220 g/mol. The van der Waals surface area contributed by atoms with Crippen molar-refractivity contribution in [3.8, 4) is 0 Å². The van der Waals surface area contributed by atoms with E-state index in [0.29, 0.717) is 6.04 Å². The molecule has 98 valence electrons. The van der Waals surface area contributed by atoms with Crippen LogP contribution in [-0.4, -0.2) is 24.0 Å². The third kappa shape index (κ3) is 2.32. The Morgan fingerprint density at radius 1 is 1.28 bits per heavy atom. The highest BCUT2D eigenvalue weighted by Gasteiger charge is 2.35. The van der Waals surface area contributed by atoms with Crippen LogP contribution in [0.3, 0.4) is 0 Å². The monoisotopic (exact) mass is 244 g/mol. The number of fused-ring (bicyclic) bond motifs is 1. The van der Waals surface area contributed by atoms with Gasteiger partial charge in [0, 0.05) is 18.6 Å². The minimum atomic E-state index is 0.214. The molecule has 2 aliphatic carbocycles. The Kier molecular flexibility index (Phi) is 3.40. The first-order chi connectivity index (χ1) is 8.79. The molecule has 2 N–H and O–H groups in total. The van der Waals surface area contributed by atoms with Crippen LogP contribution >= 0.6 is 0 Å². The number of hydrogen-bond acceptors (Lipinski definition) is 2. The van der Waals surface area contributed by atoms with Crippen molar-refractivity contribution in [1.29, 1.82) is 0 Å². The van der Waals surface area contributed by atoms with E-state index in [9.17, 15) is 0 Å². The summed E-state index contributed by atoms with van der Waals surface area (Å²) in [6, 6.07) is 9.46. The van der Waals surface area contributed by atoms with Crippen LogP contribution < -0.4 is 5.73 Å². The summed E-state index contributed by atoms with van der Waals surface area (Å²) in [7, 11) is 0. The lowest BCUT2D eigenvalue weighted by Crippen LogP contribution is -2.42. The molecule has 2 heteroatoms. The fourth-order valence-electron chi connectivity index (χ4n) is 3.27. The van der Waals surface area contributed by atoms with Crippen LogP contribution in [0.5, 0.6) is 0 Å². The van der Waals surface area contributed by atoms with Crippen molar-refractivity contribution in [2.24, 2.45) is 11.7 Å². The zero-order valence-corrected chi connectivity index (χ0v) is 11.3. The van der Waals surface area contributed by atoms with Gasteiger partial charge in [0.1, 0.15) is 0 Å². The van der Waals surface area contributed by atoms with Crippen LogP contribution in [0.15, 0.2) is 24.3 Å². The van der Waals surface area contributed by atoms with Crippen molar-refractivity contribution in [2.75, 3.05) is 13.1 Å². The molecule has 0 amide bonds. The van der Waals surface area contributed by atoms with E-state index in [-0.39, 0.29) is 6.04 Å². The Morgan fingerprint density at radius 3 is 2.72 bits per heavy atom. The predicted molar refractivity (Wildman–Crippen MR) is 75.5 cm³/mol. The summed E-state index contributed by atoms with van der Waals surface area (Å²) in [5, 5.41) is 0. The van der Waals surface area contributed by atoms with Gasteiger partial charge in [0.25, 0.3) is 0 Å². The Hall–Kier alpha value is -0.860. The first-order valence-corrected chi connectivity index (χ1v) is 7.37. The largest absolute Gasteiger partial charge is 0.323 e. The Bertz CT molecular complexity index is 411. The highest BCUT2D eigenvalue weighted by Crippen LogP contribution is 2.36. The van der Waals surface area contributed by atoms with Gasteiger partial charge in [-0.25, -0.2) is 0 Å². The number of nitrogens with zero attached hydrogens (tertiary/aromatic N) is 1. The number of benzene rings is 1. The molecule has 2 aliphatic rings. The molecular formula is C16H24N2. The molecule has 1 aromatic rings. The van der Waals surface area contributed by atoms with E-state index < -0.39 is 0 Å². The van der Waals surface area contributed by atoms with E-state index in [0.717, 1.165) is 12.3 Å². The second-order valence-electron chi connectivity index (χ2n) is 5.93. The summed E-state index contributed by atoms with van der Waals surface area (Å²) in [6.45, 7) is 4.73. The zero-order valence-electron chi connectivity index (χ0n) is 11.3. The van der Waals surface area contributed by atoms with Crippen molar-refractivity contribution in [3.63, 3.8) is 0 Å². The lowest BCUT2D eigenvalue weighted by molar-refractivity contribution is 0.172. The lowest BCUT2D eigenvalue weighted by atomic mass is 10.1. The van der Waals surface area contributed by atoms with Crippen molar-refractivity contribution in [2.45, 2.75) is 44.7 Å². The average molecular weight is 244 g/mol. The Labute approximate surface area is 110 Å². The van der Waals surface area contributed by atoms with Crippen molar-refractivity contribution in [3.05, 3.63) is 35.4 Å². The molecule has 1 saturated carbocycles. The van der Waals surface area contributed by atoms with Gasteiger partial charge in [-0.1, -0.05) is 31.2 Å². The van der Waals surface area contributed by atoms with Gasteiger partial charge in [-0.2, -0.15) is 0 Å². The maximum Gasteiger partial charge on any atom is 0.0459 e. The fraction of sp³-hybridized carbons (Fsp3) is 0.625. The van der Waals surface area contributed by atoms with Gasteiger partial charge in [-0.3, -0.25) is 4.90 Å². The SMILES string of the molecule is CCCN(CC1CC1)C1Cc2ccccc2C1N. The Balaban J connectivity index is 1.75. The highest BCUT2D eigenvalue weighted by atomic mass is 15.2. The van der Waals surface area contributed by atoms with Crippen LogP contribution in [0, 0.1) is 5.92 Å². The maximum absolute atomic E-state index is 6.48. The smallest absolute Gasteiger partial charge is 0.0459 e. The molecule has 0 aliphatic heterocycles. The van der Waals surface area contributed by atoms with Gasteiger partial charge < -0.3 is 5.73 Å². The van der Waals surface area contributed by atoms with E-state index in [1.165, 1.54) is 43.5 Å². The van der Waals surface area contributed by atoms with Crippen molar-refractivity contribution >= 4 is 0 Å². The molecule has 0 radical (unpaired) electrons. The Morgan fingerprint density at radius 2 is 2.06 bits per heavy atom. The van der Waals surface area contributed by atoms with E-state index in [1.807, 2.05) is 0 Å². The summed E-state index contributed by atoms with van der Waals surface area (Å²) in [4.78, 5) is 2.66. The fourth-order valence-corrected chi connectivity index (χ4v) is 3.27. The molecule has 0 bridgehead atoms. The standard InChI is InChI=1S/C16H24N2/c1-2-9-18(11-12-7-8-12)15-10-13-5-3-4-6-14(13)16(15)17/h3-6,12,15-16H,2,7-11,17H2,1H3. The normalized spacial score (nSPS) is 26.6. The quantitative estimate of drug-likeness (QED) is 0.863. The van der Waals surface area contributed by atoms with Crippen LogP contribution in [0.25, 0.3) is 0 Å². The van der Waals surface area contributed by atoms with Crippen molar-refractivity contribution in [1.82, 2.24) is 4.90 Å². The topological polar surface area (TPSA) is 29.3 Å². The van der Waals surface area contributed by atoms with Gasteiger partial charge in [0.2, 0.25) is 0 Å².